The first-order valence-corrected chi connectivity index (χ1v) is 7.13. The molecule has 0 radical (unpaired) electrons. The highest BCUT2D eigenvalue weighted by atomic mass is 15.3. The van der Waals surface area contributed by atoms with Gasteiger partial charge in [0.2, 0.25) is 0 Å². The van der Waals surface area contributed by atoms with Crippen molar-refractivity contribution in [1.29, 1.82) is 0 Å². The van der Waals surface area contributed by atoms with Gasteiger partial charge in [0.15, 0.2) is 5.82 Å². The smallest absolute Gasteiger partial charge is 0.168 e. The van der Waals surface area contributed by atoms with Gasteiger partial charge in [-0.25, -0.2) is 0 Å². The van der Waals surface area contributed by atoms with Crippen LogP contribution in [0, 0.1) is 6.92 Å². The number of nitrogens with one attached hydrogen (secondary N) is 1. The SMILES string of the molecule is Cc1nnc(-c2ccc3c(c2)CNC3)n1-c1ccccc1. The van der Waals surface area contributed by atoms with Crippen molar-refractivity contribution in [3.63, 3.8) is 0 Å². The van der Waals surface area contributed by atoms with Gasteiger partial charge in [-0.3, -0.25) is 4.57 Å². The summed E-state index contributed by atoms with van der Waals surface area (Å²) in [5.74, 6) is 1.79. The van der Waals surface area contributed by atoms with Crippen LogP contribution >= 0.6 is 0 Å². The van der Waals surface area contributed by atoms with E-state index >= 15 is 0 Å². The number of hydrogen-bond donors (Lipinski definition) is 1. The molecule has 0 saturated heterocycles. The summed E-state index contributed by atoms with van der Waals surface area (Å²) in [6.07, 6.45) is 0. The van der Waals surface area contributed by atoms with Gasteiger partial charge in [-0.05, 0) is 36.2 Å². The summed E-state index contributed by atoms with van der Waals surface area (Å²) in [6.45, 7) is 3.88. The Hall–Kier alpha value is -2.46. The van der Waals surface area contributed by atoms with E-state index in [0.29, 0.717) is 0 Å². The maximum absolute atomic E-state index is 4.38. The maximum Gasteiger partial charge on any atom is 0.168 e. The summed E-state index contributed by atoms with van der Waals surface area (Å²) in [4.78, 5) is 0. The summed E-state index contributed by atoms with van der Waals surface area (Å²) < 4.78 is 2.10. The molecule has 0 bridgehead atoms. The summed E-state index contributed by atoms with van der Waals surface area (Å²) in [7, 11) is 0. The fraction of sp³-hybridized carbons (Fsp3) is 0.176. The lowest BCUT2D eigenvalue weighted by Crippen LogP contribution is -2.00. The zero-order chi connectivity index (χ0) is 14.2. The van der Waals surface area contributed by atoms with Crippen molar-refractivity contribution >= 4 is 0 Å². The largest absolute Gasteiger partial charge is 0.309 e. The number of hydrogen-bond acceptors (Lipinski definition) is 3. The van der Waals surface area contributed by atoms with Gasteiger partial charge in [-0.1, -0.05) is 30.3 Å². The normalized spacial score (nSPS) is 13.4. The molecule has 1 N–H and O–H groups in total. The molecule has 3 aromatic rings. The molecule has 104 valence electrons. The monoisotopic (exact) mass is 276 g/mol. The minimum atomic E-state index is 0.897. The van der Waals surface area contributed by atoms with Crippen LogP contribution in [0.25, 0.3) is 17.1 Å². The third-order valence-corrected chi connectivity index (χ3v) is 3.93. The molecule has 2 aromatic carbocycles. The molecule has 0 amide bonds. The van der Waals surface area contributed by atoms with Crippen LogP contribution < -0.4 is 5.32 Å². The van der Waals surface area contributed by atoms with Crippen molar-refractivity contribution in [2.45, 2.75) is 20.0 Å². The quantitative estimate of drug-likeness (QED) is 0.782. The van der Waals surface area contributed by atoms with Gasteiger partial charge in [-0.2, -0.15) is 0 Å². The number of para-hydroxylation sites is 1. The minimum Gasteiger partial charge on any atom is -0.309 e. The average Bonchev–Trinajstić information content (AvgIpc) is 3.13. The molecule has 2 heterocycles. The third kappa shape index (κ3) is 2.04. The van der Waals surface area contributed by atoms with Crippen molar-refractivity contribution in [3.8, 4) is 17.1 Å². The highest BCUT2D eigenvalue weighted by Gasteiger charge is 2.16. The van der Waals surface area contributed by atoms with Gasteiger partial charge < -0.3 is 5.32 Å². The van der Waals surface area contributed by atoms with Crippen LogP contribution in [0.15, 0.2) is 48.5 Å². The van der Waals surface area contributed by atoms with E-state index in [9.17, 15) is 0 Å². The van der Waals surface area contributed by atoms with Gasteiger partial charge in [0.1, 0.15) is 5.82 Å². The van der Waals surface area contributed by atoms with E-state index in [1.807, 2.05) is 25.1 Å². The van der Waals surface area contributed by atoms with E-state index in [0.717, 1.165) is 36.0 Å². The molecular formula is C17H16N4. The van der Waals surface area contributed by atoms with Gasteiger partial charge in [-0.15, -0.1) is 10.2 Å². The standard InChI is InChI=1S/C17H16N4/c1-12-19-20-17(21(12)16-5-3-2-4-6-16)13-7-8-14-10-18-11-15(14)9-13/h2-9,18H,10-11H2,1H3. The Morgan fingerprint density at radius 3 is 2.62 bits per heavy atom. The Balaban J connectivity index is 1.87. The minimum absolute atomic E-state index is 0.897. The lowest BCUT2D eigenvalue weighted by molar-refractivity contribution is 0.765. The predicted octanol–water partition coefficient (Wildman–Crippen LogP) is 2.85. The molecule has 0 fully saturated rings. The fourth-order valence-electron chi connectivity index (χ4n) is 2.87. The fourth-order valence-corrected chi connectivity index (χ4v) is 2.87. The van der Waals surface area contributed by atoms with Crippen molar-refractivity contribution in [3.05, 3.63) is 65.5 Å². The van der Waals surface area contributed by atoms with Crippen LogP contribution in [0.4, 0.5) is 0 Å². The van der Waals surface area contributed by atoms with E-state index in [1.165, 1.54) is 11.1 Å². The molecule has 0 saturated carbocycles. The zero-order valence-corrected chi connectivity index (χ0v) is 11.9. The number of fused-ring (bicyclic) bond motifs is 1. The Kier molecular flexibility index (Phi) is 2.82. The molecule has 1 aromatic heterocycles. The van der Waals surface area contributed by atoms with E-state index in [1.54, 1.807) is 0 Å². The topological polar surface area (TPSA) is 42.7 Å². The molecule has 0 atom stereocenters. The zero-order valence-electron chi connectivity index (χ0n) is 11.9. The van der Waals surface area contributed by atoms with E-state index in [-0.39, 0.29) is 0 Å². The number of rotatable bonds is 2. The third-order valence-electron chi connectivity index (χ3n) is 3.93. The first-order chi connectivity index (χ1) is 10.3. The van der Waals surface area contributed by atoms with E-state index in [4.69, 9.17) is 0 Å². The van der Waals surface area contributed by atoms with Gasteiger partial charge in [0, 0.05) is 24.3 Å². The highest BCUT2D eigenvalue weighted by Crippen LogP contribution is 2.26. The van der Waals surface area contributed by atoms with Crippen LogP contribution in [0.2, 0.25) is 0 Å². The van der Waals surface area contributed by atoms with Gasteiger partial charge >= 0.3 is 0 Å². The van der Waals surface area contributed by atoms with Crippen LogP contribution in [0.3, 0.4) is 0 Å². The molecule has 1 aliphatic rings. The Labute approximate surface area is 123 Å². The predicted molar refractivity (Wildman–Crippen MR) is 82.1 cm³/mol. The first-order valence-electron chi connectivity index (χ1n) is 7.13. The van der Waals surface area contributed by atoms with Gasteiger partial charge in [0.05, 0.1) is 0 Å². The Morgan fingerprint density at radius 2 is 1.76 bits per heavy atom. The Bertz CT molecular complexity index is 790. The maximum atomic E-state index is 4.38. The van der Waals surface area contributed by atoms with Crippen molar-refractivity contribution < 1.29 is 0 Å². The molecular weight excluding hydrogens is 260 g/mol. The summed E-state index contributed by atoms with van der Waals surface area (Å²) in [6, 6.07) is 16.8. The Morgan fingerprint density at radius 1 is 0.952 bits per heavy atom. The summed E-state index contributed by atoms with van der Waals surface area (Å²) in [5, 5.41) is 12.0. The second-order valence-electron chi connectivity index (χ2n) is 5.33. The molecule has 0 unspecified atom stereocenters. The molecule has 4 nitrogen and oxygen atoms in total. The van der Waals surface area contributed by atoms with Crippen LogP contribution in [0.5, 0.6) is 0 Å². The molecule has 0 spiro atoms. The van der Waals surface area contributed by atoms with Crippen LogP contribution in [-0.2, 0) is 13.1 Å². The average molecular weight is 276 g/mol. The van der Waals surface area contributed by atoms with Crippen molar-refractivity contribution in [2.75, 3.05) is 0 Å². The second kappa shape index (κ2) is 4.82. The number of benzene rings is 2. The number of aromatic nitrogens is 3. The van der Waals surface area contributed by atoms with E-state index in [2.05, 4.69) is 50.4 Å². The number of aryl methyl sites for hydroxylation is 1. The van der Waals surface area contributed by atoms with E-state index < -0.39 is 0 Å². The highest BCUT2D eigenvalue weighted by molar-refractivity contribution is 5.61. The summed E-state index contributed by atoms with van der Waals surface area (Å²) in [5.41, 5.74) is 4.93. The molecule has 4 heteroatoms. The summed E-state index contributed by atoms with van der Waals surface area (Å²) >= 11 is 0. The van der Waals surface area contributed by atoms with Crippen molar-refractivity contribution in [2.24, 2.45) is 0 Å². The van der Waals surface area contributed by atoms with Crippen molar-refractivity contribution in [1.82, 2.24) is 20.1 Å². The molecule has 4 rings (SSSR count). The van der Waals surface area contributed by atoms with Crippen LogP contribution in [-0.4, -0.2) is 14.8 Å². The molecule has 1 aliphatic heterocycles. The lowest BCUT2D eigenvalue weighted by atomic mass is 10.1. The lowest BCUT2D eigenvalue weighted by Gasteiger charge is -2.09. The number of nitrogens with zero attached hydrogens (tertiary/aromatic N) is 3. The second-order valence-corrected chi connectivity index (χ2v) is 5.33. The van der Waals surface area contributed by atoms with Crippen LogP contribution in [0.1, 0.15) is 17.0 Å². The molecule has 21 heavy (non-hydrogen) atoms. The molecule has 0 aliphatic carbocycles. The van der Waals surface area contributed by atoms with Gasteiger partial charge in [0.25, 0.3) is 0 Å². The first kappa shape index (κ1) is 12.3.